The van der Waals surface area contributed by atoms with E-state index in [0.29, 0.717) is 29.5 Å². The minimum absolute atomic E-state index is 0.104. The molecule has 0 unspecified atom stereocenters. The second kappa shape index (κ2) is 7.85. The Kier molecular flexibility index (Phi) is 5.28. The van der Waals surface area contributed by atoms with Gasteiger partial charge >= 0.3 is 0 Å². The number of halogens is 1. The number of benzene rings is 1. The fourth-order valence-corrected chi connectivity index (χ4v) is 3.82. The van der Waals surface area contributed by atoms with Crippen LogP contribution >= 0.6 is 11.6 Å². The number of amides is 1. The van der Waals surface area contributed by atoms with Gasteiger partial charge in [-0.15, -0.1) is 0 Å². The highest BCUT2D eigenvalue weighted by atomic mass is 35.5. The highest BCUT2D eigenvalue weighted by Crippen LogP contribution is 2.31. The van der Waals surface area contributed by atoms with E-state index >= 15 is 0 Å². The van der Waals surface area contributed by atoms with Gasteiger partial charge in [0.05, 0.1) is 29.3 Å². The van der Waals surface area contributed by atoms with Crippen molar-refractivity contribution in [2.45, 2.75) is 45.4 Å². The van der Waals surface area contributed by atoms with Gasteiger partial charge in [-0.2, -0.15) is 0 Å². The number of hydrogen-bond acceptors (Lipinski definition) is 5. The van der Waals surface area contributed by atoms with Gasteiger partial charge < -0.3 is 24.7 Å². The fraction of sp³-hybridized carbons (Fsp3) is 0.400. The molecule has 1 fully saturated rings. The van der Waals surface area contributed by atoms with Crippen LogP contribution in [0.3, 0.4) is 0 Å². The molecule has 0 saturated heterocycles. The van der Waals surface area contributed by atoms with Crippen LogP contribution in [0, 0.1) is 12.8 Å². The minimum Gasteiger partial charge on any atom is -0.484 e. The van der Waals surface area contributed by atoms with E-state index in [4.69, 9.17) is 20.9 Å². The van der Waals surface area contributed by atoms with Gasteiger partial charge in [0.2, 0.25) is 5.91 Å². The van der Waals surface area contributed by atoms with E-state index in [2.05, 4.69) is 15.5 Å². The van der Waals surface area contributed by atoms with Gasteiger partial charge in [0.15, 0.2) is 5.76 Å². The molecular formula is C20H22ClN3O4. The Bertz CT molecular complexity index is 997. The van der Waals surface area contributed by atoms with Crippen LogP contribution in [0.25, 0.3) is 10.9 Å². The molecule has 3 aromatic rings. The van der Waals surface area contributed by atoms with Gasteiger partial charge in [-0.25, -0.2) is 0 Å². The summed E-state index contributed by atoms with van der Waals surface area (Å²) >= 11 is 6.33. The van der Waals surface area contributed by atoms with E-state index in [1.165, 1.54) is 0 Å². The molecule has 2 atom stereocenters. The predicted octanol–water partition coefficient (Wildman–Crippen LogP) is 3.47. The number of H-pyrrole nitrogens is 1. The smallest absolute Gasteiger partial charge is 0.226 e. The van der Waals surface area contributed by atoms with Crippen LogP contribution in [0.5, 0.6) is 5.75 Å². The molecular weight excluding hydrogens is 382 g/mol. The number of carbonyl (C=O) groups excluding carboxylic acids is 1. The third kappa shape index (κ3) is 4.00. The Hall–Kier alpha value is -2.51. The van der Waals surface area contributed by atoms with E-state index in [1.807, 2.05) is 31.2 Å². The Morgan fingerprint density at radius 3 is 2.96 bits per heavy atom. The topological polar surface area (TPSA) is 100 Å². The number of rotatable bonds is 6. The van der Waals surface area contributed by atoms with E-state index in [-0.39, 0.29) is 18.4 Å². The maximum Gasteiger partial charge on any atom is 0.226 e. The molecule has 0 aliphatic heterocycles. The summed E-state index contributed by atoms with van der Waals surface area (Å²) in [5.74, 6) is 0.749. The third-order valence-electron chi connectivity index (χ3n) is 5.05. The van der Waals surface area contributed by atoms with E-state index in [0.717, 1.165) is 35.1 Å². The summed E-state index contributed by atoms with van der Waals surface area (Å²) in [6.45, 7) is 2.44. The second-order valence-electron chi connectivity index (χ2n) is 7.21. The first-order valence-corrected chi connectivity index (χ1v) is 9.69. The van der Waals surface area contributed by atoms with Crippen molar-refractivity contribution in [1.82, 2.24) is 15.5 Å². The highest BCUT2D eigenvalue weighted by Gasteiger charge is 2.31. The number of fused-ring (bicyclic) bond motifs is 1. The zero-order valence-electron chi connectivity index (χ0n) is 15.5. The molecule has 2 heterocycles. The molecule has 1 aliphatic carbocycles. The summed E-state index contributed by atoms with van der Waals surface area (Å²) in [7, 11) is 0. The first kappa shape index (κ1) is 18.8. The van der Waals surface area contributed by atoms with Crippen LogP contribution in [0.4, 0.5) is 0 Å². The summed E-state index contributed by atoms with van der Waals surface area (Å²) in [6.07, 6.45) is 1.79. The van der Waals surface area contributed by atoms with Crippen molar-refractivity contribution in [1.29, 1.82) is 0 Å². The van der Waals surface area contributed by atoms with Crippen molar-refractivity contribution in [3.8, 4) is 5.75 Å². The van der Waals surface area contributed by atoms with Crippen LogP contribution in [0.1, 0.15) is 36.4 Å². The maximum atomic E-state index is 12.2. The average molecular weight is 404 g/mol. The van der Waals surface area contributed by atoms with Crippen molar-refractivity contribution in [3.05, 3.63) is 46.4 Å². The monoisotopic (exact) mass is 403 g/mol. The molecule has 3 N–H and O–H groups in total. The quantitative estimate of drug-likeness (QED) is 0.585. The Morgan fingerprint density at radius 2 is 2.25 bits per heavy atom. The molecule has 7 nitrogen and oxygen atoms in total. The molecule has 148 valence electrons. The number of aryl methyl sites for hydroxylation is 1. The predicted molar refractivity (Wildman–Crippen MR) is 104 cm³/mol. The van der Waals surface area contributed by atoms with Crippen LogP contribution in [-0.2, 0) is 17.9 Å². The Morgan fingerprint density at radius 1 is 1.39 bits per heavy atom. The summed E-state index contributed by atoms with van der Waals surface area (Å²) in [5.41, 5.74) is 2.51. The molecule has 0 bridgehead atoms. The number of carbonyl (C=O) groups is 1. The zero-order valence-corrected chi connectivity index (χ0v) is 16.3. The van der Waals surface area contributed by atoms with Gasteiger partial charge in [-0.05, 0) is 38.3 Å². The van der Waals surface area contributed by atoms with Crippen molar-refractivity contribution in [2.75, 3.05) is 0 Å². The summed E-state index contributed by atoms with van der Waals surface area (Å²) in [5, 5.41) is 18.0. The number of nitrogens with one attached hydrogen (secondary N) is 2. The van der Waals surface area contributed by atoms with Gasteiger partial charge in [-0.1, -0.05) is 16.8 Å². The van der Waals surface area contributed by atoms with Crippen LogP contribution < -0.4 is 10.1 Å². The number of ether oxygens (including phenoxy) is 1. The van der Waals surface area contributed by atoms with E-state index in [9.17, 15) is 9.90 Å². The molecule has 1 saturated carbocycles. The van der Waals surface area contributed by atoms with Gasteiger partial charge in [-0.3, -0.25) is 4.79 Å². The Balaban J connectivity index is 1.42. The molecule has 8 heteroatoms. The van der Waals surface area contributed by atoms with Crippen LogP contribution in [0.2, 0.25) is 5.02 Å². The standard InChI is InChI=1S/C20H22ClN3O4/c1-11-5-14(28-24-11)10-27-19-8-17-12(7-16(19)21)6-13(23-17)9-22-20(26)15-3-2-4-18(15)25/h5-8,15,18,23,25H,2-4,9-10H2,1H3,(H,22,26)/t15-,18-/m0/s1. The molecule has 4 rings (SSSR count). The number of aliphatic hydroxyl groups is 1. The number of aliphatic hydroxyl groups excluding tert-OH is 1. The molecule has 1 aromatic carbocycles. The lowest BCUT2D eigenvalue weighted by Gasteiger charge is -2.13. The first-order chi connectivity index (χ1) is 13.5. The molecule has 0 radical (unpaired) electrons. The van der Waals surface area contributed by atoms with Gasteiger partial charge in [0.1, 0.15) is 12.4 Å². The maximum absolute atomic E-state index is 12.2. The van der Waals surface area contributed by atoms with Gasteiger partial charge in [0, 0.05) is 28.7 Å². The second-order valence-corrected chi connectivity index (χ2v) is 7.62. The third-order valence-corrected chi connectivity index (χ3v) is 5.34. The normalized spacial score (nSPS) is 19.2. The summed E-state index contributed by atoms with van der Waals surface area (Å²) in [6, 6.07) is 7.40. The number of aromatic amines is 1. The molecule has 0 spiro atoms. The van der Waals surface area contributed by atoms with Crippen molar-refractivity contribution in [2.24, 2.45) is 5.92 Å². The van der Waals surface area contributed by atoms with Crippen LogP contribution in [0.15, 0.2) is 28.8 Å². The van der Waals surface area contributed by atoms with Crippen molar-refractivity contribution < 1.29 is 19.2 Å². The zero-order chi connectivity index (χ0) is 19.7. The molecule has 1 amide bonds. The van der Waals surface area contributed by atoms with Crippen molar-refractivity contribution in [3.63, 3.8) is 0 Å². The average Bonchev–Trinajstić information content (AvgIpc) is 3.37. The van der Waals surface area contributed by atoms with Crippen molar-refractivity contribution >= 4 is 28.4 Å². The summed E-state index contributed by atoms with van der Waals surface area (Å²) in [4.78, 5) is 15.5. The molecule has 2 aromatic heterocycles. The minimum atomic E-state index is -0.533. The lowest BCUT2D eigenvalue weighted by atomic mass is 10.1. The van der Waals surface area contributed by atoms with E-state index in [1.54, 1.807) is 0 Å². The molecule has 1 aliphatic rings. The molecule has 28 heavy (non-hydrogen) atoms. The largest absolute Gasteiger partial charge is 0.484 e. The van der Waals surface area contributed by atoms with E-state index < -0.39 is 6.10 Å². The summed E-state index contributed by atoms with van der Waals surface area (Å²) < 4.78 is 10.9. The number of aromatic nitrogens is 2. The Labute approximate surface area is 167 Å². The van der Waals surface area contributed by atoms with Crippen LogP contribution in [-0.4, -0.2) is 27.3 Å². The lowest BCUT2D eigenvalue weighted by Crippen LogP contribution is -2.34. The lowest BCUT2D eigenvalue weighted by molar-refractivity contribution is -0.127. The highest BCUT2D eigenvalue weighted by molar-refractivity contribution is 6.32. The fourth-order valence-electron chi connectivity index (χ4n) is 3.59. The number of nitrogens with zero attached hydrogens (tertiary/aromatic N) is 1. The first-order valence-electron chi connectivity index (χ1n) is 9.31. The van der Waals surface area contributed by atoms with Gasteiger partial charge in [0.25, 0.3) is 0 Å². The number of hydrogen-bond donors (Lipinski definition) is 3. The SMILES string of the molecule is Cc1cc(COc2cc3[nH]c(CNC(=O)[C@H]4CCC[C@@H]4O)cc3cc2Cl)on1.